The molecule has 7 heterocycles. The molecule has 0 aliphatic carbocycles. The average Bonchev–Trinajstić information content (AvgIpc) is 1.84. The summed E-state index contributed by atoms with van der Waals surface area (Å²) in [6.45, 7) is 36.0. The minimum absolute atomic E-state index is 0.119. The van der Waals surface area contributed by atoms with Crippen LogP contribution in [0.3, 0.4) is 0 Å². The maximum absolute atomic E-state index is 12.1. The van der Waals surface area contributed by atoms with Gasteiger partial charge in [-0.3, -0.25) is 67.9 Å². The molecule has 0 spiro atoms. The normalized spacial score (nSPS) is 23.5. The molecule has 0 aromatic heterocycles. The lowest BCUT2D eigenvalue weighted by atomic mass is 10.1. The second kappa shape index (κ2) is 58.1. The molecule has 0 unspecified atom stereocenters. The van der Waals surface area contributed by atoms with Crippen molar-refractivity contribution >= 4 is 41.4 Å². The van der Waals surface area contributed by atoms with E-state index in [-0.39, 0.29) is 83.6 Å². The first kappa shape index (κ1) is 97.0. The van der Waals surface area contributed by atoms with Crippen LogP contribution in [0.15, 0.2) is 0 Å². The van der Waals surface area contributed by atoms with Gasteiger partial charge in [0.15, 0.2) is 0 Å². The van der Waals surface area contributed by atoms with Crippen LogP contribution in [0.25, 0.3) is 0 Å². The summed E-state index contributed by atoms with van der Waals surface area (Å²) in [6, 6.07) is 2.96. The Morgan fingerprint density at radius 1 is 0.272 bits per heavy atom. The van der Waals surface area contributed by atoms with E-state index < -0.39 is 0 Å². The quantitative estimate of drug-likeness (QED) is 0.0298. The Morgan fingerprint density at radius 3 is 0.728 bits per heavy atom. The molecule has 7 aliphatic heterocycles. The first-order chi connectivity index (χ1) is 49.3. The SMILES string of the molecule is CCC(CC)NC(=O)[C@@H]1CCCN1C.CCCC(CCC)NC(=O)[C@@H]1CCCN1C.CCCCCCCCNC(=O)[C@@H]1CCCN1C.CCC[C@@H](CC)NC(=O)[C@@H]1CCCN1C.CCC[C@H](CC)NC(=O)[C@@H]1CCCN1C.CC[C@@H](C)NC(=O)[C@@H]1CCCN1C.CC[C@H](C)NC(=O)[C@@H]1CCCN1C. The van der Waals surface area contributed by atoms with Crippen LogP contribution in [0.5, 0.6) is 0 Å². The zero-order valence-corrected chi connectivity index (χ0v) is 70.2. The molecule has 604 valence electrons. The third-order valence-electron chi connectivity index (χ3n) is 22.5. The number of carbonyl (C=O) groups is 7. The molecular weight excluding hydrogens is 1290 g/mol. The molecule has 0 radical (unpaired) electrons. The van der Waals surface area contributed by atoms with Gasteiger partial charge in [0.2, 0.25) is 41.4 Å². The summed E-state index contributed by atoms with van der Waals surface area (Å²) in [5.41, 5.74) is 0. The van der Waals surface area contributed by atoms with Crippen molar-refractivity contribution in [2.24, 2.45) is 0 Å². The van der Waals surface area contributed by atoms with Gasteiger partial charge in [0, 0.05) is 42.8 Å². The predicted molar refractivity (Wildman–Crippen MR) is 430 cm³/mol. The summed E-state index contributed by atoms with van der Waals surface area (Å²) < 4.78 is 0. The monoisotopic (exact) mass is 1460 g/mol. The second-order valence-electron chi connectivity index (χ2n) is 31.3. The van der Waals surface area contributed by atoms with Crippen molar-refractivity contribution in [3.05, 3.63) is 0 Å². The third kappa shape index (κ3) is 39.6. The molecule has 21 nitrogen and oxygen atoms in total. The first-order valence-electron chi connectivity index (χ1n) is 42.3. The van der Waals surface area contributed by atoms with Crippen LogP contribution in [-0.2, 0) is 33.6 Å². The Hall–Kier alpha value is -3.99. The van der Waals surface area contributed by atoms with Gasteiger partial charge in [0.1, 0.15) is 0 Å². The van der Waals surface area contributed by atoms with Crippen molar-refractivity contribution in [1.82, 2.24) is 71.5 Å². The van der Waals surface area contributed by atoms with E-state index in [0.29, 0.717) is 36.3 Å². The summed E-state index contributed by atoms with van der Waals surface area (Å²) in [6.07, 6.45) is 38.0. The number of amides is 7. The topological polar surface area (TPSA) is 226 Å². The molecule has 7 aliphatic rings. The van der Waals surface area contributed by atoms with E-state index in [1.54, 1.807) is 0 Å². The molecule has 0 aromatic rings. The van der Waals surface area contributed by atoms with Crippen molar-refractivity contribution in [2.45, 2.75) is 387 Å². The smallest absolute Gasteiger partial charge is 0.237 e. The highest BCUT2D eigenvalue weighted by Gasteiger charge is 2.34. The summed E-state index contributed by atoms with van der Waals surface area (Å²) in [4.78, 5) is 98.1. The van der Waals surface area contributed by atoms with Crippen molar-refractivity contribution < 1.29 is 33.6 Å². The Kier molecular flexibility index (Phi) is 54.7. The van der Waals surface area contributed by atoms with Crippen LogP contribution in [0.4, 0.5) is 0 Å². The molecule has 0 bridgehead atoms. The van der Waals surface area contributed by atoms with Gasteiger partial charge in [-0.2, -0.15) is 0 Å². The summed E-state index contributed by atoms with van der Waals surface area (Å²) >= 11 is 0. The Labute approximate surface area is 632 Å². The van der Waals surface area contributed by atoms with Crippen LogP contribution in [-0.4, -0.2) is 256 Å². The molecule has 21 heteroatoms. The van der Waals surface area contributed by atoms with Gasteiger partial charge in [-0.05, 0) is 270 Å². The Balaban J connectivity index is 0.000000602. The summed E-state index contributed by atoms with van der Waals surface area (Å²) in [5.74, 6) is 1.57. The van der Waals surface area contributed by atoms with Gasteiger partial charge in [-0.15, -0.1) is 0 Å². The Bertz CT molecular complexity index is 2160. The van der Waals surface area contributed by atoms with Crippen LogP contribution >= 0.6 is 0 Å². The minimum atomic E-state index is 0.119. The zero-order chi connectivity index (χ0) is 77.2. The van der Waals surface area contributed by atoms with Crippen molar-refractivity contribution in [3.8, 4) is 0 Å². The molecule has 7 N–H and O–H groups in total. The largest absolute Gasteiger partial charge is 0.355 e. The lowest BCUT2D eigenvalue weighted by Crippen LogP contribution is -2.45. The van der Waals surface area contributed by atoms with E-state index in [1.807, 2.05) is 63.2 Å². The van der Waals surface area contributed by atoms with Gasteiger partial charge in [-0.25, -0.2) is 0 Å². The molecule has 11 atom stereocenters. The molecule has 7 saturated heterocycles. The van der Waals surface area contributed by atoms with Gasteiger partial charge < -0.3 is 37.2 Å². The number of unbranched alkanes of at least 4 members (excludes halogenated alkanes) is 5. The van der Waals surface area contributed by atoms with Crippen LogP contribution in [0.1, 0.15) is 308 Å². The lowest BCUT2D eigenvalue weighted by molar-refractivity contribution is -0.126. The number of nitrogens with zero attached hydrogens (tertiary/aromatic N) is 7. The maximum Gasteiger partial charge on any atom is 0.237 e. The maximum atomic E-state index is 12.1. The van der Waals surface area contributed by atoms with E-state index in [0.717, 1.165) is 239 Å². The highest BCUT2D eigenvalue weighted by molar-refractivity contribution is 5.85. The molecular formula is C82H164N14O7. The fourth-order valence-electron chi connectivity index (χ4n) is 14.9. The van der Waals surface area contributed by atoms with Gasteiger partial charge in [0.05, 0.1) is 42.3 Å². The second-order valence-corrected chi connectivity index (χ2v) is 31.3. The third-order valence-corrected chi connectivity index (χ3v) is 22.5. The number of likely N-dealkylation sites (N-methyl/N-ethyl adjacent to an activating group) is 7. The number of rotatable bonds is 34. The highest BCUT2D eigenvalue weighted by Crippen LogP contribution is 2.21. The predicted octanol–water partition coefficient (Wildman–Crippen LogP) is 11.6. The highest BCUT2D eigenvalue weighted by atomic mass is 16.2. The Morgan fingerprint density at radius 2 is 0.495 bits per heavy atom. The van der Waals surface area contributed by atoms with Gasteiger partial charge in [-0.1, -0.05) is 134 Å². The fourth-order valence-corrected chi connectivity index (χ4v) is 14.9. The van der Waals surface area contributed by atoms with Gasteiger partial charge in [0.25, 0.3) is 0 Å². The molecule has 7 rings (SSSR count). The fraction of sp³-hybridized carbons (Fsp3) is 0.915. The number of likely N-dealkylation sites (tertiary alicyclic amines) is 7. The van der Waals surface area contributed by atoms with Crippen LogP contribution in [0.2, 0.25) is 0 Å². The molecule has 7 fully saturated rings. The van der Waals surface area contributed by atoms with Crippen LogP contribution in [0, 0.1) is 0 Å². The van der Waals surface area contributed by atoms with Crippen LogP contribution < -0.4 is 37.2 Å². The molecule has 103 heavy (non-hydrogen) atoms. The lowest BCUT2D eigenvalue weighted by Gasteiger charge is -2.23. The van der Waals surface area contributed by atoms with Gasteiger partial charge >= 0.3 is 0 Å². The average molecular weight is 1460 g/mol. The molecule has 7 amide bonds. The molecule has 0 saturated carbocycles. The van der Waals surface area contributed by atoms with E-state index in [1.165, 1.54) is 32.1 Å². The van der Waals surface area contributed by atoms with E-state index in [2.05, 4.69) is 148 Å². The van der Waals surface area contributed by atoms with Crippen molar-refractivity contribution in [1.29, 1.82) is 0 Å². The number of carbonyl (C=O) groups excluding carboxylic acids is 7. The number of nitrogens with one attached hydrogen (secondary N) is 7. The van der Waals surface area contributed by atoms with E-state index >= 15 is 0 Å². The first-order valence-corrected chi connectivity index (χ1v) is 42.3. The van der Waals surface area contributed by atoms with E-state index in [9.17, 15) is 33.6 Å². The zero-order valence-electron chi connectivity index (χ0n) is 70.2. The number of hydrogen-bond acceptors (Lipinski definition) is 14. The van der Waals surface area contributed by atoms with Crippen molar-refractivity contribution in [2.75, 3.05) is 102 Å². The summed E-state index contributed by atoms with van der Waals surface area (Å²) in [5, 5.41) is 21.7. The number of hydrogen-bond donors (Lipinski definition) is 7. The molecule has 0 aromatic carbocycles. The summed E-state index contributed by atoms with van der Waals surface area (Å²) in [7, 11) is 14.2. The standard InChI is InChI=1S/C14H28N2O.C13H26N2O.2C12H24N2O.C11H22N2O.2C10H20N2O/c1-3-4-5-6-7-8-11-15-14(17)13-10-9-12-16(13)2;1-4-7-11(8-5-2)14-13(16)12-9-6-10-15(12)3;2*1-4-7-10(5-2)13-12(15)11-8-6-9-14(11)3;1-4-9(5-2)12-11(14)10-7-6-8-13(10)3;2*1-4-8(2)11-10(13)9-6-5-7-12(9)3/h13H,3-12H2,1-2H3,(H,15,17);11-12H,4-10H2,1-3H3,(H,14,16);2*10-11H,4-9H2,1-3H3,(H,13,15);9-10H,4-8H2,1-3H3,(H,12,14);2*8-9H,4-7H2,1-3H3,(H,11,13)/t13-;12-;10-,11+;10-,11-;10-;8-,9+;8-,9-/m0010010/s1. The van der Waals surface area contributed by atoms with Crippen molar-refractivity contribution in [3.63, 3.8) is 0 Å². The minimum Gasteiger partial charge on any atom is -0.355 e. The van der Waals surface area contributed by atoms with E-state index in [4.69, 9.17) is 0 Å².